The van der Waals surface area contributed by atoms with E-state index in [-0.39, 0.29) is 0 Å². The standard InChI is InChI=1S/C23H26N2O2/c1-3-26-22-15-19-20(24-17-25-21(19)16-23(22)27-4-2)14-10-6-9-13-18-11-7-5-8-12-18/h5,7-8,10-12,14-17H,3-4,6,9,13H2,1-2H3. The van der Waals surface area contributed by atoms with Gasteiger partial charge in [-0.05, 0) is 50.8 Å². The van der Waals surface area contributed by atoms with Crippen LogP contribution in [0.15, 0.2) is 54.9 Å². The number of rotatable bonds is 9. The molecule has 0 radical (unpaired) electrons. The van der Waals surface area contributed by atoms with Crippen LogP contribution in [-0.4, -0.2) is 23.2 Å². The molecule has 1 aromatic heterocycles. The molecular formula is C23H26N2O2. The number of ether oxygens (including phenoxy) is 2. The van der Waals surface area contributed by atoms with E-state index >= 15 is 0 Å². The Labute approximate surface area is 160 Å². The number of aromatic nitrogens is 2. The van der Waals surface area contributed by atoms with Gasteiger partial charge in [0.05, 0.1) is 24.4 Å². The minimum absolute atomic E-state index is 0.587. The van der Waals surface area contributed by atoms with E-state index in [0.717, 1.165) is 47.4 Å². The predicted octanol–water partition coefficient (Wildman–Crippen LogP) is 5.46. The molecule has 2 aromatic carbocycles. The Morgan fingerprint density at radius 3 is 2.41 bits per heavy atom. The second-order valence-corrected chi connectivity index (χ2v) is 6.22. The van der Waals surface area contributed by atoms with Crippen molar-refractivity contribution < 1.29 is 9.47 Å². The maximum absolute atomic E-state index is 5.74. The van der Waals surface area contributed by atoms with E-state index in [1.807, 2.05) is 26.0 Å². The summed E-state index contributed by atoms with van der Waals surface area (Å²) in [5.74, 6) is 1.46. The fourth-order valence-electron chi connectivity index (χ4n) is 3.02. The number of hydrogen-bond donors (Lipinski definition) is 0. The van der Waals surface area contributed by atoms with Crippen molar-refractivity contribution in [3.8, 4) is 11.5 Å². The van der Waals surface area contributed by atoms with Crippen LogP contribution in [0.5, 0.6) is 11.5 Å². The topological polar surface area (TPSA) is 44.2 Å². The van der Waals surface area contributed by atoms with Crippen LogP contribution in [0.3, 0.4) is 0 Å². The number of benzene rings is 2. The van der Waals surface area contributed by atoms with Crippen LogP contribution in [0, 0.1) is 0 Å². The number of unbranched alkanes of at least 4 members (excludes halogenated alkanes) is 1. The third-order valence-corrected chi connectivity index (χ3v) is 4.29. The highest BCUT2D eigenvalue weighted by Gasteiger charge is 2.10. The second-order valence-electron chi connectivity index (χ2n) is 6.22. The highest BCUT2D eigenvalue weighted by Crippen LogP contribution is 2.33. The van der Waals surface area contributed by atoms with Crippen LogP contribution in [-0.2, 0) is 6.42 Å². The van der Waals surface area contributed by atoms with Gasteiger partial charge >= 0.3 is 0 Å². The van der Waals surface area contributed by atoms with Gasteiger partial charge in [-0.15, -0.1) is 0 Å². The summed E-state index contributed by atoms with van der Waals surface area (Å²) >= 11 is 0. The smallest absolute Gasteiger partial charge is 0.163 e. The van der Waals surface area contributed by atoms with E-state index in [4.69, 9.17) is 9.47 Å². The van der Waals surface area contributed by atoms with Gasteiger partial charge in [0, 0.05) is 11.5 Å². The molecule has 4 nitrogen and oxygen atoms in total. The summed E-state index contributed by atoms with van der Waals surface area (Å²) in [5.41, 5.74) is 3.15. The Morgan fingerprint density at radius 1 is 0.926 bits per heavy atom. The first-order chi connectivity index (χ1) is 13.3. The highest BCUT2D eigenvalue weighted by atomic mass is 16.5. The second kappa shape index (κ2) is 9.72. The van der Waals surface area contributed by atoms with Gasteiger partial charge in [0.2, 0.25) is 0 Å². The molecule has 4 heteroatoms. The SMILES string of the molecule is CCOc1cc2ncnc(C=CCCCc3ccccc3)c2cc1OCC. The molecule has 3 aromatic rings. The van der Waals surface area contributed by atoms with Gasteiger partial charge in [0.15, 0.2) is 11.5 Å². The Bertz CT molecular complexity index is 892. The van der Waals surface area contributed by atoms with Crippen LogP contribution >= 0.6 is 0 Å². The first-order valence-electron chi connectivity index (χ1n) is 9.56. The molecule has 0 fully saturated rings. The third kappa shape index (κ3) is 5.07. The van der Waals surface area contributed by atoms with Crippen molar-refractivity contribution in [3.05, 3.63) is 66.1 Å². The number of nitrogens with zero attached hydrogens (tertiary/aromatic N) is 2. The molecule has 3 rings (SSSR count). The molecule has 1 heterocycles. The van der Waals surface area contributed by atoms with Gasteiger partial charge in [-0.1, -0.05) is 36.4 Å². The van der Waals surface area contributed by atoms with E-state index in [1.165, 1.54) is 5.56 Å². The number of hydrogen-bond acceptors (Lipinski definition) is 4. The Kier molecular flexibility index (Phi) is 6.80. The molecule has 0 aliphatic carbocycles. The summed E-state index contributed by atoms with van der Waals surface area (Å²) in [6.07, 6.45) is 9.06. The van der Waals surface area contributed by atoms with Crippen molar-refractivity contribution >= 4 is 17.0 Å². The van der Waals surface area contributed by atoms with Gasteiger partial charge in [0.25, 0.3) is 0 Å². The molecule has 0 saturated carbocycles. The Balaban J connectivity index is 1.74. The first kappa shape index (κ1) is 18.9. The Morgan fingerprint density at radius 2 is 1.67 bits per heavy atom. The lowest BCUT2D eigenvalue weighted by Crippen LogP contribution is -1.99. The molecule has 0 amide bonds. The molecule has 0 saturated heterocycles. The summed E-state index contributed by atoms with van der Waals surface area (Å²) in [4.78, 5) is 8.83. The van der Waals surface area contributed by atoms with Gasteiger partial charge in [0.1, 0.15) is 6.33 Å². The summed E-state index contributed by atoms with van der Waals surface area (Å²) < 4.78 is 11.4. The lowest BCUT2D eigenvalue weighted by molar-refractivity contribution is 0.288. The van der Waals surface area contributed by atoms with E-state index in [0.29, 0.717) is 13.2 Å². The fraction of sp³-hybridized carbons (Fsp3) is 0.304. The van der Waals surface area contributed by atoms with Gasteiger partial charge in [-0.3, -0.25) is 0 Å². The minimum Gasteiger partial charge on any atom is -0.490 e. The van der Waals surface area contributed by atoms with Gasteiger partial charge in [-0.2, -0.15) is 0 Å². The van der Waals surface area contributed by atoms with Crippen molar-refractivity contribution in [1.82, 2.24) is 9.97 Å². The summed E-state index contributed by atoms with van der Waals surface area (Å²) in [5, 5.41) is 0.976. The first-order valence-corrected chi connectivity index (χ1v) is 9.56. The lowest BCUT2D eigenvalue weighted by Gasteiger charge is -2.12. The molecular weight excluding hydrogens is 336 g/mol. The molecule has 27 heavy (non-hydrogen) atoms. The zero-order valence-corrected chi connectivity index (χ0v) is 16.0. The molecule has 0 spiro atoms. The summed E-state index contributed by atoms with van der Waals surface area (Å²) in [6, 6.07) is 14.5. The monoisotopic (exact) mass is 362 g/mol. The normalized spacial score (nSPS) is 11.2. The summed E-state index contributed by atoms with van der Waals surface area (Å²) in [6.45, 7) is 5.10. The van der Waals surface area contributed by atoms with Crippen LogP contribution in [0.2, 0.25) is 0 Å². The zero-order valence-electron chi connectivity index (χ0n) is 16.0. The number of allylic oxidation sites excluding steroid dienone is 1. The number of fused-ring (bicyclic) bond motifs is 1. The van der Waals surface area contributed by atoms with Crippen molar-refractivity contribution in [2.45, 2.75) is 33.1 Å². The third-order valence-electron chi connectivity index (χ3n) is 4.29. The average molecular weight is 362 g/mol. The van der Waals surface area contributed by atoms with Crippen molar-refractivity contribution in [1.29, 1.82) is 0 Å². The van der Waals surface area contributed by atoms with E-state index in [1.54, 1.807) is 6.33 Å². The average Bonchev–Trinajstić information content (AvgIpc) is 2.69. The molecule has 0 aliphatic heterocycles. The molecule has 0 aliphatic rings. The molecule has 0 N–H and O–H groups in total. The van der Waals surface area contributed by atoms with E-state index in [9.17, 15) is 0 Å². The maximum atomic E-state index is 5.74. The highest BCUT2D eigenvalue weighted by molar-refractivity contribution is 5.88. The van der Waals surface area contributed by atoms with E-state index in [2.05, 4.69) is 52.5 Å². The Hall–Kier alpha value is -2.88. The number of aryl methyl sites for hydroxylation is 1. The van der Waals surface area contributed by atoms with Crippen molar-refractivity contribution in [2.75, 3.05) is 13.2 Å². The van der Waals surface area contributed by atoms with Crippen LogP contribution in [0.4, 0.5) is 0 Å². The summed E-state index contributed by atoms with van der Waals surface area (Å²) in [7, 11) is 0. The van der Waals surface area contributed by atoms with Crippen LogP contribution in [0.1, 0.15) is 37.9 Å². The molecule has 140 valence electrons. The van der Waals surface area contributed by atoms with Gasteiger partial charge < -0.3 is 9.47 Å². The molecule has 0 bridgehead atoms. The van der Waals surface area contributed by atoms with Gasteiger partial charge in [-0.25, -0.2) is 9.97 Å². The fourth-order valence-corrected chi connectivity index (χ4v) is 3.02. The maximum Gasteiger partial charge on any atom is 0.163 e. The van der Waals surface area contributed by atoms with Crippen LogP contribution in [0.25, 0.3) is 17.0 Å². The predicted molar refractivity (Wildman–Crippen MR) is 110 cm³/mol. The quantitative estimate of drug-likeness (QED) is 0.474. The van der Waals surface area contributed by atoms with Crippen LogP contribution < -0.4 is 9.47 Å². The van der Waals surface area contributed by atoms with E-state index < -0.39 is 0 Å². The minimum atomic E-state index is 0.587. The molecule has 0 atom stereocenters. The zero-order chi connectivity index (χ0) is 18.9. The largest absolute Gasteiger partial charge is 0.490 e. The van der Waals surface area contributed by atoms with Crippen molar-refractivity contribution in [2.24, 2.45) is 0 Å². The molecule has 0 unspecified atom stereocenters. The van der Waals surface area contributed by atoms with Crippen molar-refractivity contribution in [3.63, 3.8) is 0 Å². The lowest BCUT2D eigenvalue weighted by atomic mass is 10.1.